The molecule has 0 spiro atoms. The summed E-state index contributed by atoms with van der Waals surface area (Å²) in [6.07, 6.45) is 7.77. The van der Waals surface area contributed by atoms with Crippen LogP contribution >= 0.6 is 0 Å². The number of rotatable bonds is 16. The Morgan fingerprint density at radius 1 is 0.547 bits per heavy atom. The molecule has 2 aliphatic rings. The quantitative estimate of drug-likeness (QED) is 0.0936. The third-order valence-corrected chi connectivity index (χ3v) is 17.3. The fourth-order valence-electron chi connectivity index (χ4n) is 13.3. The van der Waals surface area contributed by atoms with Gasteiger partial charge in [0.2, 0.25) is 11.8 Å². The maximum absolute atomic E-state index is 12.8. The summed E-state index contributed by atoms with van der Waals surface area (Å²) in [6, 6.07) is 39.3. The van der Waals surface area contributed by atoms with E-state index in [0.29, 0.717) is 24.9 Å². The maximum atomic E-state index is 12.8. The van der Waals surface area contributed by atoms with Gasteiger partial charge in [-0.1, -0.05) is 95.4 Å². The molecular formula is C68H82N14O4. The summed E-state index contributed by atoms with van der Waals surface area (Å²) in [7, 11) is 11.5. The number of fused-ring (bicyclic) bond motifs is 6. The molecule has 2 amide bonds. The van der Waals surface area contributed by atoms with Crippen molar-refractivity contribution in [2.75, 3.05) is 67.7 Å². The number of aryl methyl sites for hydroxylation is 4. The van der Waals surface area contributed by atoms with Crippen LogP contribution in [0.25, 0.3) is 66.4 Å². The van der Waals surface area contributed by atoms with Crippen molar-refractivity contribution >= 4 is 55.7 Å². The van der Waals surface area contributed by atoms with Crippen LogP contribution in [0.15, 0.2) is 122 Å². The Hall–Kier alpha value is -8.16. The molecule has 6 aromatic heterocycles. The first kappa shape index (κ1) is 59.6. The molecule has 8 heterocycles. The van der Waals surface area contributed by atoms with Gasteiger partial charge in [-0.3, -0.25) is 19.6 Å². The molecule has 0 bridgehead atoms. The standard InChI is InChI=1S/2C34H41N7O2/c2*1-22-32(40(6)38-37-22)25-18-29-31(35-20-25)27-13-12-26(34(2,3)36-30(42)21-39(4)5)19-28(27)41(29)33(23-10-8-7-9-11-23)24-14-16-43-17-15-24/h2*7-13,18-20,24,33H,14-17,21H2,1-6H3,(H,36,42). The number of pyridine rings is 2. The fourth-order valence-corrected chi connectivity index (χ4v) is 13.3. The zero-order valence-corrected chi connectivity index (χ0v) is 51.9. The van der Waals surface area contributed by atoms with Crippen LogP contribution in [0.2, 0.25) is 0 Å². The second-order valence-corrected chi connectivity index (χ2v) is 25.1. The Balaban J connectivity index is 0.000000179. The number of carbonyl (C=O) groups excluding carboxylic acids is 2. The van der Waals surface area contributed by atoms with Crippen LogP contribution < -0.4 is 10.6 Å². The van der Waals surface area contributed by atoms with E-state index in [4.69, 9.17) is 19.4 Å². The average Bonchev–Trinajstić information content (AvgIpc) is 1.73. The fraction of sp³-hybridized carbons (Fsp3) is 0.412. The lowest BCUT2D eigenvalue weighted by Gasteiger charge is -2.33. The van der Waals surface area contributed by atoms with Crippen LogP contribution in [0.5, 0.6) is 0 Å². The predicted octanol–water partition coefficient (Wildman–Crippen LogP) is 10.4. The zero-order chi connectivity index (χ0) is 60.6. The molecule has 2 N–H and O–H groups in total. The second kappa shape index (κ2) is 24.7. The number of hydrogen-bond acceptors (Lipinski definition) is 12. The number of benzene rings is 4. The maximum Gasteiger partial charge on any atom is 0.234 e. The molecular weight excluding hydrogens is 1080 g/mol. The smallest absolute Gasteiger partial charge is 0.234 e. The topological polar surface area (TPSA) is 180 Å². The molecule has 18 nitrogen and oxygen atoms in total. The number of hydrogen-bond donors (Lipinski definition) is 2. The lowest BCUT2D eigenvalue weighted by Crippen LogP contribution is -2.44. The van der Waals surface area contributed by atoms with E-state index in [2.05, 4.69) is 177 Å². The molecule has 2 saturated heterocycles. The average molecular weight is 1160 g/mol. The molecule has 0 saturated carbocycles. The molecule has 0 radical (unpaired) electrons. The van der Waals surface area contributed by atoms with Gasteiger partial charge in [0.25, 0.3) is 0 Å². The Bertz CT molecular complexity index is 3750. The van der Waals surface area contributed by atoms with E-state index >= 15 is 0 Å². The largest absolute Gasteiger partial charge is 0.381 e. The van der Waals surface area contributed by atoms with E-state index in [1.54, 1.807) is 0 Å². The summed E-state index contributed by atoms with van der Waals surface area (Å²) in [6.45, 7) is 15.9. The van der Waals surface area contributed by atoms with Crippen LogP contribution in [0.4, 0.5) is 0 Å². The predicted molar refractivity (Wildman–Crippen MR) is 340 cm³/mol. The lowest BCUT2D eigenvalue weighted by atomic mass is 9.86. The van der Waals surface area contributed by atoms with E-state index in [9.17, 15) is 9.59 Å². The molecule has 448 valence electrons. The van der Waals surface area contributed by atoms with Gasteiger partial charge in [-0.15, -0.1) is 10.2 Å². The Morgan fingerprint density at radius 3 is 1.26 bits per heavy atom. The van der Waals surface area contributed by atoms with Crippen molar-refractivity contribution in [2.45, 2.75) is 90.4 Å². The number of amides is 2. The van der Waals surface area contributed by atoms with Crippen LogP contribution in [-0.4, -0.2) is 138 Å². The normalized spacial score (nSPS) is 15.4. The Morgan fingerprint density at radius 2 is 0.919 bits per heavy atom. The van der Waals surface area contributed by atoms with Crippen molar-refractivity contribution in [1.82, 2.24) is 69.5 Å². The zero-order valence-electron chi connectivity index (χ0n) is 51.9. The number of nitrogens with one attached hydrogen (secondary N) is 2. The lowest BCUT2D eigenvalue weighted by molar-refractivity contribution is -0.124. The minimum atomic E-state index is -0.570. The number of nitrogens with zero attached hydrogens (tertiary/aromatic N) is 12. The second-order valence-electron chi connectivity index (χ2n) is 25.1. The Kier molecular flexibility index (Phi) is 17.1. The van der Waals surface area contributed by atoms with Crippen molar-refractivity contribution in [2.24, 2.45) is 25.9 Å². The van der Waals surface area contributed by atoms with Gasteiger partial charge in [0, 0.05) is 74.8 Å². The summed E-state index contributed by atoms with van der Waals surface area (Å²) in [5.74, 6) is 0.753. The van der Waals surface area contributed by atoms with Crippen LogP contribution in [-0.2, 0) is 44.2 Å². The number of carbonyl (C=O) groups is 2. The van der Waals surface area contributed by atoms with Gasteiger partial charge in [-0.2, -0.15) is 0 Å². The first-order valence-corrected chi connectivity index (χ1v) is 30.1. The van der Waals surface area contributed by atoms with Gasteiger partial charge in [0.15, 0.2) is 0 Å². The molecule has 18 heteroatoms. The number of likely N-dealkylation sites (N-methyl/N-ethyl adjacent to an activating group) is 2. The first-order chi connectivity index (χ1) is 41.3. The van der Waals surface area contributed by atoms with Crippen molar-refractivity contribution in [3.05, 3.63) is 155 Å². The molecule has 2 atom stereocenters. The molecule has 2 aliphatic heterocycles. The number of ether oxygens (including phenoxy) is 2. The summed E-state index contributed by atoms with van der Waals surface area (Å²) in [5.41, 5.74) is 15.4. The van der Waals surface area contributed by atoms with Crippen molar-refractivity contribution in [3.8, 4) is 22.5 Å². The van der Waals surface area contributed by atoms with Crippen LogP contribution in [0.1, 0.15) is 99.1 Å². The third kappa shape index (κ3) is 12.0. The summed E-state index contributed by atoms with van der Waals surface area (Å²) in [5, 5.41) is 25.8. The molecule has 86 heavy (non-hydrogen) atoms. The molecule has 2 unspecified atom stereocenters. The van der Waals surface area contributed by atoms with Crippen molar-refractivity contribution in [1.29, 1.82) is 0 Å². The van der Waals surface area contributed by atoms with Crippen molar-refractivity contribution in [3.63, 3.8) is 0 Å². The summed E-state index contributed by atoms with van der Waals surface area (Å²) < 4.78 is 20.3. The van der Waals surface area contributed by atoms with E-state index < -0.39 is 11.1 Å². The minimum absolute atomic E-state index is 0.00790. The van der Waals surface area contributed by atoms with Gasteiger partial charge >= 0.3 is 0 Å². The van der Waals surface area contributed by atoms with Crippen LogP contribution in [0.3, 0.4) is 0 Å². The minimum Gasteiger partial charge on any atom is -0.381 e. The van der Waals surface area contributed by atoms with E-state index in [1.165, 1.54) is 11.1 Å². The monoisotopic (exact) mass is 1160 g/mol. The SMILES string of the molecule is Cc1nnn(C)c1-c1cnc2c3ccc(C(C)(C)NC(=O)CN(C)C)cc3n(C(c3ccccc3)C3CCOCC3)c2c1.Cc1nnn(C)c1-c1cnc2c3ccc(C(C)(C)NC(=O)CN(C)C)cc3n(C(c3ccccc3)C3CCOCC3)c2c1. The molecule has 12 rings (SSSR count). The Labute approximate surface area is 503 Å². The van der Waals surface area contributed by atoms with Crippen LogP contribution in [0, 0.1) is 25.7 Å². The molecule has 0 aliphatic carbocycles. The van der Waals surface area contributed by atoms with Gasteiger partial charge in [0.1, 0.15) is 0 Å². The van der Waals surface area contributed by atoms with E-state index in [0.717, 1.165) is 141 Å². The van der Waals surface area contributed by atoms with Gasteiger partial charge in [-0.05, 0) is 154 Å². The third-order valence-electron chi connectivity index (χ3n) is 17.3. The van der Waals surface area contributed by atoms with E-state index in [1.807, 2.05) is 87.7 Å². The molecule has 10 aromatic rings. The number of aromatic nitrogens is 10. The highest BCUT2D eigenvalue weighted by molar-refractivity contribution is 6.08. The summed E-state index contributed by atoms with van der Waals surface area (Å²) >= 11 is 0. The van der Waals surface area contributed by atoms with Gasteiger partial charge in [0.05, 0.1) is 92.1 Å². The molecule has 4 aromatic carbocycles. The van der Waals surface area contributed by atoms with Gasteiger partial charge in [-0.25, -0.2) is 9.36 Å². The van der Waals surface area contributed by atoms with E-state index in [-0.39, 0.29) is 23.9 Å². The highest BCUT2D eigenvalue weighted by atomic mass is 16.5. The first-order valence-electron chi connectivity index (χ1n) is 30.1. The van der Waals surface area contributed by atoms with Crippen molar-refractivity contribution < 1.29 is 19.1 Å². The van der Waals surface area contributed by atoms with Gasteiger partial charge < -0.3 is 39.0 Å². The summed E-state index contributed by atoms with van der Waals surface area (Å²) in [4.78, 5) is 39.6. The highest BCUT2D eigenvalue weighted by Crippen LogP contribution is 2.44. The molecule has 2 fully saturated rings. The highest BCUT2D eigenvalue weighted by Gasteiger charge is 2.34.